The Labute approximate surface area is 68.9 Å². The molecule has 0 aromatic heterocycles. The van der Waals surface area contributed by atoms with Crippen LogP contribution in [0, 0.1) is 10.1 Å². The Hall–Kier alpha value is -0.360. The van der Waals surface area contributed by atoms with Gasteiger partial charge < -0.3 is 0 Å². The van der Waals surface area contributed by atoms with Gasteiger partial charge in [-0.3, -0.25) is 10.1 Å². The average molecular weight is 202 g/mol. The molecule has 0 aromatic carbocycles. The van der Waals surface area contributed by atoms with Gasteiger partial charge in [0.25, 0.3) is 0 Å². The number of rotatable bonds is 4. The van der Waals surface area contributed by atoms with Gasteiger partial charge in [0.05, 0.1) is 0 Å². The van der Waals surface area contributed by atoms with Crippen LogP contribution in [0.5, 0.6) is 0 Å². The van der Waals surface area contributed by atoms with Crippen LogP contribution in [0.3, 0.4) is 0 Å². The summed E-state index contributed by atoms with van der Waals surface area (Å²) < 4.78 is 20.7. The number of nitro groups is 1. The van der Waals surface area contributed by atoms with E-state index < -0.39 is 25.8 Å². The number of hydrogen-bond donors (Lipinski definition) is 0. The Morgan fingerprint density at radius 3 is 2.18 bits per heavy atom. The van der Waals surface area contributed by atoms with E-state index >= 15 is 0 Å². The Kier molecular flexibility index (Phi) is 3.74. The molecule has 0 spiro atoms. The second-order valence-corrected chi connectivity index (χ2v) is 4.87. The zero-order chi connectivity index (χ0) is 9.07. The van der Waals surface area contributed by atoms with Gasteiger partial charge in [0.15, 0.2) is 0 Å². The van der Waals surface area contributed by atoms with E-state index in [9.17, 15) is 18.5 Å². The van der Waals surface area contributed by atoms with Crippen molar-refractivity contribution in [1.29, 1.82) is 0 Å². The van der Waals surface area contributed by atoms with Crippen molar-refractivity contribution in [1.82, 2.24) is 0 Å². The minimum atomic E-state index is -3.75. The summed E-state index contributed by atoms with van der Waals surface area (Å²) in [5.74, 6) is -0.599. The van der Waals surface area contributed by atoms with Crippen LogP contribution >= 0.6 is 10.7 Å². The van der Waals surface area contributed by atoms with E-state index in [1.165, 1.54) is 6.92 Å². The Morgan fingerprint density at radius 2 is 2.09 bits per heavy atom. The molecule has 0 aliphatic rings. The maximum absolute atomic E-state index is 10.4. The van der Waals surface area contributed by atoms with Gasteiger partial charge in [-0.05, 0) is 0 Å². The maximum atomic E-state index is 10.4. The summed E-state index contributed by atoms with van der Waals surface area (Å²) in [5.41, 5.74) is 0. The minimum absolute atomic E-state index is 0.166. The average Bonchev–Trinajstić information content (AvgIpc) is 1.80. The molecule has 1 atom stereocenters. The van der Waals surface area contributed by atoms with Crippen LogP contribution < -0.4 is 0 Å². The summed E-state index contributed by atoms with van der Waals surface area (Å²) >= 11 is 0. The van der Waals surface area contributed by atoms with Gasteiger partial charge in [0, 0.05) is 22.0 Å². The Bertz CT molecular complexity index is 236. The molecule has 0 saturated heterocycles. The quantitative estimate of drug-likeness (QED) is 0.379. The van der Waals surface area contributed by atoms with E-state index in [0.717, 1.165) is 0 Å². The lowest BCUT2D eigenvalue weighted by Gasteiger charge is -2.02. The maximum Gasteiger partial charge on any atom is 0.239 e. The fourth-order valence-electron chi connectivity index (χ4n) is 0.558. The standard InChI is InChI=1S/C4H8ClNO4S/c1-2-4(6(7)8)3-11(5,9)10/h4H,2-3H2,1H3. The molecule has 5 nitrogen and oxygen atoms in total. The van der Waals surface area contributed by atoms with E-state index in [2.05, 4.69) is 0 Å². The molecule has 0 saturated carbocycles. The van der Waals surface area contributed by atoms with Crippen LogP contribution in [-0.4, -0.2) is 25.1 Å². The zero-order valence-electron chi connectivity index (χ0n) is 5.86. The first kappa shape index (κ1) is 10.6. The second-order valence-electron chi connectivity index (χ2n) is 2.05. The van der Waals surface area contributed by atoms with Crippen molar-refractivity contribution in [2.45, 2.75) is 19.4 Å². The van der Waals surface area contributed by atoms with Gasteiger partial charge >= 0.3 is 0 Å². The highest BCUT2D eigenvalue weighted by molar-refractivity contribution is 8.13. The number of hydrogen-bond acceptors (Lipinski definition) is 4. The fraction of sp³-hybridized carbons (Fsp3) is 1.00. The van der Waals surface area contributed by atoms with Crippen molar-refractivity contribution in [3.63, 3.8) is 0 Å². The third-order valence-electron chi connectivity index (χ3n) is 1.16. The van der Waals surface area contributed by atoms with Crippen molar-refractivity contribution >= 4 is 19.7 Å². The molecular weight excluding hydrogens is 194 g/mol. The Balaban J connectivity index is 4.22. The molecule has 0 radical (unpaired) electrons. The van der Waals surface area contributed by atoms with E-state index in [0.29, 0.717) is 0 Å². The summed E-state index contributed by atoms with van der Waals surface area (Å²) in [4.78, 5) is 9.45. The van der Waals surface area contributed by atoms with Gasteiger partial charge in [0.2, 0.25) is 15.1 Å². The van der Waals surface area contributed by atoms with Gasteiger partial charge in [-0.25, -0.2) is 8.42 Å². The van der Waals surface area contributed by atoms with E-state index in [1.807, 2.05) is 0 Å². The van der Waals surface area contributed by atoms with Crippen LogP contribution in [0.1, 0.15) is 13.3 Å². The first-order valence-corrected chi connectivity index (χ1v) is 5.40. The van der Waals surface area contributed by atoms with E-state index in [4.69, 9.17) is 10.7 Å². The molecule has 0 heterocycles. The highest BCUT2D eigenvalue weighted by Crippen LogP contribution is 2.05. The summed E-state index contributed by atoms with van der Waals surface area (Å²) in [6, 6.07) is -1.09. The molecule has 66 valence electrons. The van der Waals surface area contributed by atoms with Crippen LogP contribution in [-0.2, 0) is 9.05 Å². The molecule has 7 heteroatoms. The van der Waals surface area contributed by atoms with Crippen molar-refractivity contribution in [3.8, 4) is 0 Å². The highest BCUT2D eigenvalue weighted by Gasteiger charge is 2.24. The highest BCUT2D eigenvalue weighted by atomic mass is 35.7. The van der Waals surface area contributed by atoms with Crippen LogP contribution in [0.2, 0.25) is 0 Å². The third-order valence-corrected chi connectivity index (χ3v) is 2.32. The minimum Gasteiger partial charge on any atom is -0.264 e. The molecule has 0 bridgehead atoms. The lowest BCUT2D eigenvalue weighted by atomic mass is 10.3. The van der Waals surface area contributed by atoms with Gasteiger partial charge in [-0.15, -0.1) is 0 Å². The first-order valence-electron chi connectivity index (χ1n) is 2.92. The normalized spacial score (nSPS) is 14.4. The van der Waals surface area contributed by atoms with Crippen molar-refractivity contribution in [3.05, 3.63) is 10.1 Å². The van der Waals surface area contributed by atoms with Crippen molar-refractivity contribution in [2.24, 2.45) is 0 Å². The monoisotopic (exact) mass is 201 g/mol. The number of nitrogens with zero attached hydrogens (tertiary/aromatic N) is 1. The molecule has 0 fully saturated rings. The molecule has 0 rings (SSSR count). The Morgan fingerprint density at radius 1 is 1.64 bits per heavy atom. The molecule has 0 amide bonds. The second kappa shape index (κ2) is 3.87. The van der Waals surface area contributed by atoms with Crippen LogP contribution in [0.25, 0.3) is 0 Å². The third kappa shape index (κ3) is 4.97. The van der Waals surface area contributed by atoms with Gasteiger partial charge in [0.1, 0.15) is 5.75 Å². The molecule has 0 aliphatic carbocycles. The zero-order valence-corrected chi connectivity index (χ0v) is 7.43. The summed E-state index contributed by atoms with van der Waals surface area (Å²) in [6.45, 7) is 1.54. The lowest BCUT2D eigenvalue weighted by Crippen LogP contribution is -2.25. The predicted octanol–water partition coefficient (Wildman–Crippen LogP) is 0.610. The summed E-state index contributed by atoms with van der Waals surface area (Å²) in [7, 11) is 1.07. The molecule has 0 aromatic rings. The molecule has 11 heavy (non-hydrogen) atoms. The summed E-state index contributed by atoms with van der Waals surface area (Å²) in [5, 5.41) is 10.1. The largest absolute Gasteiger partial charge is 0.264 e. The van der Waals surface area contributed by atoms with Crippen molar-refractivity contribution < 1.29 is 13.3 Å². The van der Waals surface area contributed by atoms with Crippen molar-refractivity contribution in [2.75, 3.05) is 5.75 Å². The predicted molar refractivity (Wildman–Crippen MR) is 40.7 cm³/mol. The summed E-state index contributed by atoms with van der Waals surface area (Å²) in [6.07, 6.45) is 0.166. The van der Waals surface area contributed by atoms with E-state index in [-0.39, 0.29) is 6.42 Å². The smallest absolute Gasteiger partial charge is 0.239 e. The molecular formula is C4H8ClNO4S. The van der Waals surface area contributed by atoms with Crippen LogP contribution in [0.15, 0.2) is 0 Å². The van der Waals surface area contributed by atoms with Crippen LogP contribution in [0.4, 0.5) is 0 Å². The van der Waals surface area contributed by atoms with Gasteiger partial charge in [-0.1, -0.05) is 6.92 Å². The fourth-order valence-corrected chi connectivity index (χ4v) is 1.81. The first-order chi connectivity index (χ1) is 4.87. The lowest BCUT2D eigenvalue weighted by molar-refractivity contribution is -0.516. The van der Waals surface area contributed by atoms with E-state index in [1.54, 1.807) is 0 Å². The SMILES string of the molecule is CCC(CS(=O)(=O)Cl)[N+](=O)[O-]. The molecule has 1 unspecified atom stereocenters. The molecule has 0 aliphatic heterocycles. The number of halogens is 1. The topological polar surface area (TPSA) is 77.3 Å². The van der Waals surface area contributed by atoms with Gasteiger partial charge in [-0.2, -0.15) is 0 Å². The molecule has 0 N–H and O–H groups in total.